The van der Waals surface area contributed by atoms with E-state index >= 15 is 0 Å². The smallest absolute Gasteiger partial charge is 0.244 e. The molecule has 1 unspecified atom stereocenters. The maximum Gasteiger partial charge on any atom is 0.244 e. The van der Waals surface area contributed by atoms with Crippen molar-refractivity contribution in [3.8, 4) is 6.07 Å². The summed E-state index contributed by atoms with van der Waals surface area (Å²) >= 11 is 0. The molecule has 1 aliphatic rings. The number of para-hydroxylation sites is 1. The van der Waals surface area contributed by atoms with E-state index in [4.69, 9.17) is 10.00 Å². The quantitative estimate of drug-likeness (QED) is 0.533. The maximum atomic E-state index is 12.5. The van der Waals surface area contributed by atoms with Gasteiger partial charge in [-0.25, -0.2) is 0 Å². The first-order valence-corrected chi connectivity index (χ1v) is 11.4. The van der Waals surface area contributed by atoms with Crippen molar-refractivity contribution in [2.75, 3.05) is 19.7 Å². The number of carbonyl (C=O) groups excluding carboxylic acids is 1. The number of hydrogen-bond donors (Lipinski definition) is 1. The fraction of sp³-hybridized carbons (Fsp3) is 0.333. The molecule has 0 saturated carbocycles. The molecule has 1 fully saturated rings. The molecule has 0 spiro atoms. The minimum atomic E-state index is -0.128. The maximum absolute atomic E-state index is 12.5. The van der Waals surface area contributed by atoms with Gasteiger partial charge in [0.05, 0.1) is 25.2 Å². The summed E-state index contributed by atoms with van der Waals surface area (Å²) in [7, 11) is 0. The molecule has 1 N–H and O–H groups in total. The monoisotopic (exact) mass is 442 g/mol. The van der Waals surface area contributed by atoms with Crippen LogP contribution in [-0.4, -0.2) is 41.2 Å². The molecule has 3 aromatic rings. The zero-order valence-electron chi connectivity index (χ0n) is 19.0. The van der Waals surface area contributed by atoms with E-state index < -0.39 is 0 Å². The first kappa shape index (κ1) is 22.8. The summed E-state index contributed by atoms with van der Waals surface area (Å²) in [6, 6.07) is 18.6. The third kappa shape index (κ3) is 6.10. The molecule has 1 amide bonds. The van der Waals surface area contributed by atoms with Crippen LogP contribution >= 0.6 is 0 Å². The van der Waals surface area contributed by atoms with Crippen molar-refractivity contribution in [2.24, 2.45) is 0 Å². The van der Waals surface area contributed by atoms with E-state index in [0.717, 1.165) is 48.3 Å². The second kappa shape index (κ2) is 11.0. The average molecular weight is 443 g/mol. The Labute approximate surface area is 195 Å². The van der Waals surface area contributed by atoms with Crippen molar-refractivity contribution in [3.05, 3.63) is 77.5 Å². The summed E-state index contributed by atoms with van der Waals surface area (Å²) in [5.41, 5.74) is 4.37. The standard InChI is InChI=1S/C27H30N4O2/c1-21-18-30(14-15-33-21)19-23-7-4-6-22(16-23)17-29-27(32)11-10-24-20-31(13-5-12-28)26-9-3-2-8-25(24)26/h2-4,6-11,16,20-21H,5,13-15,17-19H2,1H3,(H,29,32)/b11-10+. The Kier molecular flexibility index (Phi) is 7.56. The number of fused-ring (bicyclic) bond motifs is 1. The Morgan fingerprint density at radius 3 is 2.94 bits per heavy atom. The van der Waals surface area contributed by atoms with Crippen molar-refractivity contribution < 1.29 is 9.53 Å². The van der Waals surface area contributed by atoms with Gasteiger partial charge in [-0.15, -0.1) is 0 Å². The zero-order chi connectivity index (χ0) is 23.0. The number of carbonyl (C=O) groups is 1. The zero-order valence-corrected chi connectivity index (χ0v) is 19.0. The predicted octanol–water partition coefficient (Wildman–Crippen LogP) is 4.11. The van der Waals surface area contributed by atoms with Gasteiger partial charge in [-0.2, -0.15) is 5.26 Å². The van der Waals surface area contributed by atoms with Crippen LogP contribution in [0.1, 0.15) is 30.0 Å². The first-order valence-electron chi connectivity index (χ1n) is 11.4. The highest BCUT2D eigenvalue weighted by atomic mass is 16.5. The second-order valence-electron chi connectivity index (χ2n) is 8.49. The number of ether oxygens (including phenoxy) is 1. The average Bonchev–Trinajstić information content (AvgIpc) is 3.18. The first-order chi connectivity index (χ1) is 16.1. The van der Waals surface area contributed by atoms with Gasteiger partial charge in [0.1, 0.15) is 0 Å². The van der Waals surface area contributed by atoms with Gasteiger partial charge in [0.25, 0.3) is 0 Å². The van der Waals surface area contributed by atoms with Gasteiger partial charge in [0.15, 0.2) is 0 Å². The third-order valence-electron chi connectivity index (χ3n) is 5.89. The molecule has 6 heteroatoms. The van der Waals surface area contributed by atoms with Gasteiger partial charge in [0, 0.05) is 61.5 Å². The minimum Gasteiger partial charge on any atom is -0.376 e. The SMILES string of the molecule is CC1CN(Cc2cccc(CNC(=O)/C=C/c3cn(CCC#N)c4ccccc34)c2)CCO1. The van der Waals surface area contributed by atoms with Crippen LogP contribution in [0.3, 0.4) is 0 Å². The number of hydrogen-bond acceptors (Lipinski definition) is 4. The van der Waals surface area contributed by atoms with E-state index in [9.17, 15) is 4.79 Å². The highest BCUT2D eigenvalue weighted by Gasteiger charge is 2.16. The van der Waals surface area contributed by atoms with E-state index in [1.54, 1.807) is 6.08 Å². The fourth-order valence-corrected chi connectivity index (χ4v) is 4.31. The van der Waals surface area contributed by atoms with E-state index in [2.05, 4.69) is 39.9 Å². The van der Waals surface area contributed by atoms with Crippen LogP contribution in [-0.2, 0) is 29.2 Å². The van der Waals surface area contributed by atoms with Crippen molar-refractivity contribution in [1.29, 1.82) is 5.26 Å². The molecular weight excluding hydrogens is 412 g/mol. The molecule has 1 atom stereocenters. The highest BCUT2D eigenvalue weighted by molar-refractivity contribution is 5.96. The molecule has 2 aromatic carbocycles. The molecule has 0 bridgehead atoms. The summed E-state index contributed by atoms with van der Waals surface area (Å²) in [6.07, 6.45) is 6.15. The lowest BCUT2D eigenvalue weighted by atomic mass is 10.1. The van der Waals surface area contributed by atoms with E-state index in [-0.39, 0.29) is 12.0 Å². The number of rotatable bonds is 8. The predicted molar refractivity (Wildman–Crippen MR) is 130 cm³/mol. The van der Waals surface area contributed by atoms with Gasteiger partial charge >= 0.3 is 0 Å². The number of amides is 1. The summed E-state index contributed by atoms with van der Waals surface area (Å²) in [4.78, 5) is 14.9. The molecule has 170 valence electrons. The topological polar surface area (TPSA) is 70.3 Å². The molecule has 0 radical (unpaired) electrons. The normalized spacial score (nSPS) is 16.8. The highest BCUT2D eigenvalue weighted by Crippen LogP contribution is 2.23. The van der Waals surface area contributed by atoms with Crippen molar-refractivity contribution in [2.45, 2.75) is 39.1 Å². The van der Waals surface area contributed by atoms with E-state index in [1.165, 1.54) is 5.56 Å². The summed E-state index contributed by atoms with van der Waals surface area (Å²) in [5, 5.41) is 13.0. The van der Waals surface area contributed by atoms with Gasteiger partial charge in [-0.05, 0) is 30.2 Å². The molecule has 0 aliphatic carbocycles. The fourth-order valence-electron chi connectivity index (χ4n) is 4.31. The van der Waals surface area contributed by atoms with Crippen LogP contribution in [0.5, 0.6) is 0 Å². The van der Waals surface area contributed by atoms with Crippen LogP contribution in [0.25, 0.3) is 17.0 Å². The van der Waals surface area contributed by atoms with Crippen molar-refractivity contribution in [1.82, 2.24) is 14.8 Å². The van der Waals surface area contributed by atoms with Gasteiger partial charge in [-0.1, -0.05) is 42.5 Å². The van der Waals surface area contributed by atoms with Crippen LogP contribution in [0.15, 0.2) is 60.8 Å². The Morgan fingerprint density at radius 1 is 1.24 bits per heavy atom. The van der Waals surface area contributed by atoms with Crippen molar-refractivity contribution in [3.63, 3.8) is 0 Å². The second-order valence-corrected chi connectivity index (χ2v) is 8.49. The number of nitrogens with one attached hydrogen (secondary N) is 1. The number of nitriles is 1. The number of benzene rings is 2. The van der Waals surface area contributed by atoms with Gasteiger partial charge in [-0.3, -0.25) is 9.69 Å². The van der Waals surface area contributed by atoms with Crippen LogP contribution < -0.4 is 5.32 Å². The van der Waals surface area contributed by atoms with Crippen molar-refractivity contribution >= 4 is 22.9 Å². The lowest BCUT2D eigenvalue weighted by molar-refractivity contribution is -0.116. The number of morpholine rings is 1. The van der Waals surface area contributed by atoms with Crippen LogP contribution in [0, 0.1) is 11.3 Å². The summed E-state index contributed by atoms with van der Waals surface area (Å²) in [6.45, 7) is 6.79. The minimum absolute atomic E-state index is 0.128. The molecule has 1 aromatic heterocycles. The molecule has 1 saturated heterocycles. The Hall–Kier alpha value is -3.40. The molecule has 4 rings (SSSR count). The molecular formula is C27H30N4O2. The Balaban J connectivity index is 1.36. The van der Waals surface area contributed by atoms with Gasteiger partial charge < -0.3 is 14.6 Å². The lowest BCUT2D eigenvalue weighted by Gasteiger charge is -2.31. The van der Waals surface area contributed by atoms with Crippen LogP contribution in [0.4, 0.5) is 0 Å². The summed E-state index contributed by atoms with van der Waals surface area (Å²) in [5.74, 6) is -0.128. The third-order valence-corrected chi connectivity index (χ3v) is 5.89. The molecule has 33 heavy (non-hydrogen) atoms. The largest absolute Gasteiger partial charge is 0.376 e. The Morgan fingerprint density at radius 2 is 2.09 bits per heavy atom. The van der Waals surface area contributed by atoms with E-state index in [0.29, 0.717) is 19.5 Å². The summed E-state index contributed by atoms with van der Waals surface area (Å²) < 4.78 is 7.69. The van der Waals surface area contributed by atoms with E-state index in [1.807, 2.05) is 48.7 Å². The van der Waals surface area contributed by atoms with Crippen LogP contribution in [0.2, 0.25) is 0 Å². The lowest BCUT2D eigenvalue weighted by Crippen LogP contribution is -2.40. The molecule has 6 nitrogen and oxygen atoms in total. The molecule has 2 heterocycles. The Bertz CT molecular complexity index is 1170. The number of aromatic nitrogens is 1. The molecule has 1 aliphatic heterocycles. The number of aryl methyl sites for hydroxylation is 1. The van der Waals surface area contributed by atoms with Gasteiger partial charge in [0.2, 0.25) is 5.91 Å². The number of nitrogens with zero attached hydrogens (tertiary/aromatic N) is 3.